The fraction of sp³-hybridized carbons (Fsp3) is 0.524. The smallest absolute Gasteiger partial charge is 0.253 e. The van der Waals surface area contributed by atoms with Gasteiger partial charge in [-0.1, -0.05) is 42.1 Å². The highest BCUT2D eigenvalue weighted by Crippen LogP contribution is 2.44. The Bertz CT molecular complexity index is 1080. The van der Waals surface area contributed by atoms with Crippen molar-refractivity contribution in [1.82, 2.24) is 25.0 Å². The quantitative estimate of drug-likeness (QED) is 0.454. The van der Waals surface area contributed by atoms with Gasteiger partial charge in [-0.15, -0.1) is 5.10 Å². The molecule has 3 heterocycles. The second-order valence-corrected chi connectivity index (χ2v) is 9.28. The van der Waals surface area contributed by atoms with Crippen LogP contribution in [0.3, 0.4) is 0 Å². The molecule has 4 atom stereocenters. The van der Waals surface area contributed by atoms with Crippen LogP contribution in [-0.2, 0) is 9.47 Å². The molecule has 1 aromatic carbocycles. The van der Waals surface area contributed by atoms with Crippen molar-refractivity contribution in [2.75, 3.05) is 5.75 Å². The molecule has 5 rings (SSSR count). The molecule has 2 aromatic heterocycles. The summed E-state index contributed by atoms with van der Waals surface area (Å²) in [4.78, 5) is 9.31. The van der Waals surface area contributed by atoms with E-state index in [1.165, 1.54) is 0 Å². The number of rotatable bonds is 6. The summed E-state index contributed by atoms with van der Waals surface area (Å²) in [7, 11) is 0. The minimum Gasteiger partial charge on any atom is -0.437 e. The zero-order valence-corrected chi connectivity index (χ0v) is 18.5. The molecule has 0 radical (unpaired) electrons. The Morgan fingerprint density at radius 1 is 1.19 bits per heavy atom. The van der Waals surface area contributed by atoms with Gasteiger partial charge in [0.25, 0.3) is 5.88 Å². The Morgan fingerprint density at radius 2 is 1.97 bits per heavy atom. The van der Waals surface area contributed by atoms with Gasteiger partial charge in [-0.25, -0.2) is 9.67 Å². The maximum atomic E-state index is 10.6. The first kappa shape index (κ1) is 20.6. The first-order chi connectivity index (χ1) is 14.9. The van der Waals surface area contributed by atoms with Crippen LogP contribution in [0.4, 0.5) is 0 Å². The highest BCUT2D eigenvalue weighted by Gasteiger charge is 2.55. The van der Waals surface area contributed by atoms with E-state index in [1.54, 1.807) is 16.4 Å². The van der Waals surface area contributed by atoms with Gasteiger partial charge in [0.15, 0.2) is 22.1 Å². The van der Waals surface area contributed by atoms with Gasteiger partial charge in [0.05, 0.1) is 12.1 Å². The van der Waals surface area contributed by atoms with Crippen LogP contribution >= 0.6 is 11.8 Å². The summed E-state index contributed by atoms with van der Waals surface area (Å²) in [5.74, 6) is 1.15. The molecule has 0 amide bonds. The van der Waals surface area contributed by atoms with Gasteiger partial charge in [0.2, 0.25) is 0 Å². The summed E-state index contributed by atoms with van der Waals surface area (Å²) in [6.45, 7) is 5.81. The average Bonchev–Trinajstić information content (AvgIpc) is 3.39. The molecule has 1 N–H and O–H groups in total. The second-order valence-electron chi connectivity index (χ2n) is 8.22. The van der Waals surface area contributed by atoms with Crippen LogP contribution in [0.2, 0.25) is 0 Å². The van der Waals surface area contributed by atoms with Crippen LogP contribution in [0.15, 0.2) is 35.5 Å². The molecular weight excluding hydrogens is 418 g/mol. The highest BCUT2D eigenvalue weighted by atomic mass is 32.2. The van der Waals surface area contributed by atoms with E-state index in [0.29, 0.717) is 34.4 Å². The number of para-hydroxylation sites is 1. The van der Waals surface area contributed by atoms with Gasteiger partial charge in [-0.2, -0.15) is 4.98 Å². The predicted molar refractivity (Wildman–Crippen MR) is 114 cm³/mol. The van der Waals surface area contributed by atoms with Gasteiger partial charge >= 0.3 is 0 Å². The van der Waals surface area contributed by atoms with E-state index in [9.17, 15) is 5.11 Å². The average molecular weight is 444 g/mol. The highest BCUT2D eigenvalue weighted by molar-refractivity contribution is 7.99. The predicted octanol–water partition coefficient (Wildman–Crippen LogP) is 3.34. The summed E-state index contributed by atoms with van der Waals surface area (Å²) in [6, 6.07) is 9.19. The van der Waals surface area contributed by atoms with Crippen LogP contribution in [0.25, 0.3) is 11.2 Å². The lowest BCUT2D eigenvalue weighted by atomic mass is 10.2. The van der Waals surface area contributed by atoms with Crippen molar-refractivity contribution in [1.29, 1.82) is 0 Å². The molecule has 31 heavy (non-hydrogen) atoms. The molecular formula is C21H25N5O4S. The largest absolute Gasteiger partial charge is 0.437 e. The standard InChI is InChI=1S/C21H25N5O4S/c1-4-10-31-20-22-18-15(19(23-20)28-12-8-6-5-7-9-12)24-25-26(18)13-11-14(27)17-16(13)29-21(2,3)30-17/h5-9,13-14,16-17,27H,4,10-11H2,1-3H3/t13-,14+,16+,17-/m1/s1. The van der Waals surface area contributed by atoms with Crippen molar-refractivity contribution in [3.05, 3.63) is 30.3 Å². The number of aromatic nitrogens is 5. The molecule has 0 unspecified atom stereocenters. The fourth-order valence-corrected chi connectivity index (χ4v) is 4.79. The Kier molecular flexibility index (Phi) is 5.33. The zero-order chi connectivity index (χ0) is 21.6. The topological polar surface area (TPSA) is 104 Å². The van der Waals surface area contributed by atoms with Crippen molar-refractivity contribution >= 4 is 22.9 Å². The van der Waals surface area contributed by atoms with Crippen molar-refractivity contribution in [2.24, 2.45) is 0 Å². The van der Waals surface area contributed by atoms with Crippen LogP contribution in [0, 0.1) is 0 Å². The molecule has 0 spiro atoms. The lowest BCUT2D eigenvalue weighted by Crippen LogP contribution is -2.29. The van der Waals surface area contributed by atoms with Crippen LogP contribution in [0.5, 0.6) is 11.6 Å². The minimum absolute atomic E-state index is 0.254. The Morgan fingerprint density at radius 3 is 2.74 bits per heavy atom. The number of aliphatic hydroxyl groups is 1. The lowest BCUT2D eigenvalue weighted by Gasteiger charge is -2.22. The number of thioether (sulfide) groups is 1. The zero-order valence-electron chi connectivity index (χ0n) is 17.6. The third-order valence-electron chi connectivity index (χ3n) is 5.38. The normalized spacial score (nSPS) is 27.0. The SMILES string of the molecule is CCCSc1nc(Oc2ccccc2)c2nnn([C@@H]3C[C@H](O)[C@H]4OC(C)(C)O[C@H]43)c2n1. The van der Waals surface area contributed by atoms with E-state index in [4.69, 9.17) is 19.2 Å². The van der Waals surface area contributed by atoms with Crippen LogP contribution in [0.1, 0.15) is 39.7 Å². The number of hydrogen-bond donors (Lipinski definition) is 1. The van der Waals surface area contributed by atoms with Gasteiger partial charge in [0, 0.05) is 12.2 Å². The number of fused-ring (bicyclic) bond motifs is 2. The Balaban J connectivity index is 1.56. The summed E-state index contributed by atoms with van der Waals surface area (Å²) in [6.07, 6.45) is 0.0503. The monoisotopic (exact) mass is 443 g/mol. The van der Waals surface area contributed by atoms with Gasteiger partial charge in [-0.05, 0) is 32.4 Å². The molecule has 1 saturated carbocycles. The summed E-state index contributed by atoms with van der Waals surface area (Å²) >= 11 is 1.56. The Labute approximate surface area is 184 Å². The Hall–Kier alpha value is -2.27. The van der Waals surface area contributed by atoms with E-state index in [1.807, 2.05) is 44.2 Å². The summed E-state index contributed by atoms with van der Waals surface area (Å²) < 4.78 is 19.8. The lowest BCUT2D eigenvalue weighted by molar-refractivity contribution is -0.165. The third-order valence-corrected chi connectivity index (χ3v) is 6.44. The molecule has 1 aliphatic carbocycles. The maximum absolute atomic E-state index is 10.6. The van der Waals surface area contributed by atoms with E-state index >= 15 is 0 Å². The molecule has 9 nitrogen and oxygen atoms in total. The van der Waals surface area contributed by atoms with Crippen molar-refractivity contribution in [2.45, 2.75) is 68.9 Å². The molecule has 1 saturated heterocycles. The molecule has 0 bridgehead atoms. The molecule has 10 heteroatoms. The van der Waals surface area contributed by atoms with Crippen molar-refractivity contribution in [3.63, 3.8) is 0 Å². The van der Waals surface area contributed by atoms with Gasteiger partial charge in [-0.3, -0.25) is 0 Å². The number of nitrogens with zero attached hydrogens (tertiary/aromatic N) is 5. The number of aliphatic hydroxyl groups excluding tert-OH is 1. The van der Waals surface area contributed by atoms with E-state index < -0.39 is 18.0 Å². The number of hydrogen-bond acceptors (Lipinski definition) is 9. The van der Waals surface area contributed by atoms with Crippen LogP contribution < -0.4 is 4.74 Å². The molecule has 164 valence electrons. The van der Waals surface area contributed by atoms with E-state index in [0.717, 1.165) is 12.2 Å². The molecule has 2 fully saturated rings. The number of ether oxygens (including phenoxy) is 3. The molecule has 1 aliphatic heterocycles. The maximum Gasteiger partial charge on any atom is 0.253 e. The first-order valence-electron chi connectivity index (χ1n) is 10.5. The summed E-state index contributed by atoms with van der Waals surface area (Å²) in [5, 5.41) is 19.9. The third kappa shape index (κ3) is 3.89. The molecule has 3 aromatic rings. The minimum atomic E-state index is -0.760. The van der Waals surface area contributed by atoms with Gasteiger partial charge < -0.3 is 19.3 Å². The van der Waals surface area contributed by atoms with Gasteiger partial charge in [0.1, 0.15) is 18.0 Å². The first-order valence-corrected chi connectivity index (χ1v) is 11.5. The second kappa shape index (κ2) is 8.01. The van der Waals surface area contributed by atoms with E-state index in [2.05, 4.69) is 22.2 Å². The van der Waals surface area contributed by atoms with Crippen molar-refractivity contribution in [3.8, 4) is 11.6 Å². The van der Waals surface area contributed by atoms with Crippen LogP contribution in [-0.4, -0.2) is 59.9 Å². The molecule has 2 aliphatic rings. The van der Waals surface area contributed by atoms with Crippen molar-refractivity contribution < 1.29 is 19.3 Å². The number of benzene rings is 1. The summed E-state index contributed by atoms with van der Waals surface area (Å²) in [5.41, 5.74) is 1.03. The fourth-order valence-electron chi connectivity index (χ4n) is 4.11. The van der Waals surface area contributed by atoms with E-state index in [-0.39, 0.29) is 12.1 Å².